The highest BCUT2D eigenvalue weighted by molar-refractivity contribution is 7.14. The summed E-state index contributed by atoms with van der Waals surface area (Å²) < 4.78 is 0. The second kappa shape index (κ2) is 3.23. The van der Waals surface area contributed by atoms with E-state index in [1.54, 1.807) is 16.7 Å². The van der Waals surface area contributed by atoms with Gasteiger partial charge in [-0.1, -0.05) is 30.3 Å². The molecular formula is C11H10OS. The van der Waals surface area contributed by atoms with Gasteiger partial charge in [0, 0.05) is 15.8 Å². The molecule has 1 N–H and O–H groups in total. The zero-order valence-corrected chi connectivity index (χ0v) is 8.14. The number of rotatable bonds is 1. The predicted molar refractivity (Wildman–Crippen MR) is 56.2 cm³/mol. The lowest BCUT2D eigenvalue weighted by Gasteiger charge is -1.98. The largest absolute Gasteiger partial charge is 0.507 e. The van der Waals surface area contributed by atoms with Crippen molar-refractivity contribution in [2.75, 3.05) is 0 Å². The van der Waals surface area contributed by atoms with Gasteiger partial charge in [-0.3, -0.25) is 0 Å². The molecule has 0 amide bonds. The third kappa shape index (κ3) is 1.45. The molecule has 2 rings (SSSR count). The molecule has 0 aliphatic carbocycles. The molecule has 1 nitrogen and oxygen atoms in total. The second-order valence-corrected chi connectivity index (χ2v) is 3.82. The quantitative estimate of drug-likeness (QED) is 0.730. The van der Waals surface area contributed by atoms with Crippen LogP contribution < -0.4 is 0 Å². The van der Waals surface area contributed by atoms with Gasteiger partial charge in [0.1, 0.15) is 5.75 Å². The first-order valence-corrected chi connectivity index (χ1v) is 4.99. The molecule has 2 aromatic rings. The Morgan fingerprint density at radius 1 is 1.15 bits per heavy atom. The van der Waals surface area contributed by atoms with Crippen LogP contribution in [0, 0.1) is 6.92 Å². The fourth-order valence-corrected chi connectivity index (χ4v) is 2.24. The Hall–Kier alpha value is -1.28. The zero-order valence-electron chi connectivity index (χ0n) is 7.32. The van der Waals surface area contributed by atoms with Crippen molar-refractivity contribution in [3.63, 3.8) is 0 Å². The van der Waals surface area contributed by atoms with Gasteiger partial charge in [0.05, 0.1) is 0 Å². The summed E-state index contributed by atoms with van der Waals surface area (Å²) in [5.74, 6) is 0.392. The molecule has 0 aliphatic heterocycles. The van der Waals surface area contributed by atoms with Gasteiger partial charge in [0.2, 0.25) is 0 Å². The summed E-state index contributed by atoms with van der Waals surface area (Å²) in [6.07, 6.45) is 0. The first-order chi connectivity index (χ1) is 6.29. The normalized spacial score (nSPS) is 10.2. The van der Waals surface area contributed by atoms with Gasteiger partial charge < -0.3 is 5.11 Å². The average molecular weight is 190 g/mol. The van der Waals surface area contributed by atoms with E-state index >= 15 is 0 Å². The summed E-state index contributed by atoms with van der Waals surface area (Å²) in [6.45, 7) is 1.94. The first-order valence-electron chi connectivity index (χ1n) is 4.11. The Morgan fingerprint density at radius 2 is 1.85 bits per heavy atom. The van der Waals surface area contributed by atoms with E-state index in [4.69, 9.17) is 0 Å². The fourth-order valence-electron chi connectivity index (χ4n) is 1.28. The van der Waals surface area contributed by atoms with Gasteiger partial charge in [0.25, 0.3) is 0 Å². The third-order valence-electron chi connectivity index (χ3n) is 2.05. The van der Waals surface area contributed by atoms with Gasteiger partial charge in [-0.15, -0.1) is 11.3 Å². The molecule has 0 bridgehead atoms. The molecule has 1 aromatic carbocycles. The molecule has 0 atom stereocenters. The number of thiophene rings is 1. The van der Waals surface area contributed by atoms with Gasteiger partial charge in [0.15, 0.2) is 0 Å². The first kappa shape index (κ1) is 8.32. The van der Waals surface area contributed by atoms with Crippen molar-refractivity contribution in [3.05, 3.63) is 41.3 Å². The SMILES string of the molecule is Cc1c(O)csc1-c1ccccc1. The van der Waals surface area contributed by atoms with Gasteiger partial charge in [-0.2, -0.15) is 0 Å². The highest BCUT2D eigenvalue weighted by atomic mass is 32.1. The number of benzene rings is 1. The van der Waals surface area contributed by atoms with E-state index in [0.29, 0.717) is 5.75 Å². The van der Waals surface area contributed by atoms with Crippen LogP contribution in [0.5, 0.6) is 5.75 Å². The van der Waals surface area contributed by atoms with Gasteiger partial charge >= 0.3 is 0 Å². The molecule has 0 saturated carbocycles. The van der Waals surface area contributed by atoms with E-state index in [9.17, 15) is 5.11 Å². The maximum Gasteiger partial charge on any atom is 0.129 e. The van der Waals surface area contributed by atoms with Crippen LogP contribution in [0.25, 0.3) is 10.4 Å². The van der Waals surface area contributed by atoms with Gasteiger partial charge in [-0.05, 0) is 12.5 Å². The Labute approximate surface area is 81.3 Å². The molecule has 0 radical (unpaired) electrons. The topological polar surface area (TPSA) is 20.2 Å². The maximum atomic E-state index is 9.41. The van der Waals surface area contributed by atoms with Crippen molar-refractivity contribution >= 4 is 11.3 Å². The average Bonchev–Trinajstić information content (AvgIpc) is 2.49. The zero-order chi connectivity index (χ0) is 9.26. The molecule has 66 valence electrons. The molecule has 2 heteroatoms. The summed E-state index contributed by atoms with van der Waals surface area (Å²) >= 11 is 1.58. The van der Waals surface area contributed by atoms with E-state index in [2.05, 4.69) is 12.1 Å². The monoisotopic (exact) mass is 190 g/mol. The fraction of sp³-hybridized carbons (Fsp3) is 0.0909. The van der Waals surface area contributed by atoms with Crippen LogP contribution in [0.2, 0.25) is 0 Å². The standard InChI is InChI=1S/C11H10OS/c1-8-10(12)7-13-11(8)9-5-3-2-4-6-9/h2-7,12H,1H3. The minimum absolute atomic E-state index is 0.392. The van der Waals surface area contributed by atoms with E-state index in [1.165, 1.54) is 5.56 Å². The molecule has 0 fully saturated rings. The summed E-state index contributed by atoms with van der Waals surface area (Å²) in [7, 11) is 0. The summed E-state index contributed by atoms with van der Waals surface area (Å²) in [6, 6.07) is 10.1. The maximum absolute atomic E-state index is 9.41. The predicted octanol–water partition coefficient (Wildman–Crippen LogP) is 3.43. The lowest BCUT2D eigenvalue weighted by atomic mass is 10.1. The Morgan fingerprint density at radius 3 is 2.38 bits per heavy atom. The van der Waals surface area contributed by atoms with Crippen LogP contribution in [0.4, 0.5) is 0 Å². The molecule has 13 heavy (non-hydrogen) atoms. The van der Waals surface area contributed by atoms with Crippen LogP contribution >= 0.6 is 11.3 Å². The molecule has 0 saturated heterocycles. The van der Waals surface area contributed by atoms with Crippen molar-refractivity contribution in [1.82, 2.24) is 0 Å². The molecule has 1 aromatic heterocycles. The second-order valence-electron chi connectivity index (χ2n) is 2.94. The minimum Gasteiger partial charge on any atom is -0.507 e. The summed E-state index contributed by atoms with van der Waals surface area (Å²) in [5.41, 5.74) is 2.14. The van der Waals surface area contributed by atoms with Crippen LogP contribution in [0.3, 0.4) is 0 Å². The summed E-state index contributed by atoms with van der Waals surface area (Å²) in [4.78, 5) is 1.15. The Kier molecular flexibility index (Phi) is 2.07. The van der Waals surface area contributed by atoms with Crippen LogP contribution in [-0.4, -0.2) is 5.11 Å². The van der Waals surface area contributed by atoms with Crippen molar-refractivity contribution in [2.24, 2.45) is 0 Å². The van der Waals surface area contributed by atoms with Gasteiger partial charge in [-0.25, -0.2) is 0 Å². The van der Waals surface area contributed by atoms with E-state index < -0.39 is 0 Å². The third-order valence-corrected chi connectivity index (χ3v) is 3.17. The van der Waals surface area contributed by atoms with Crippen molar-refractivity contribution in [2.45, 2.75) is 6.92 Å². The highest BCUT2D eigenvalue weighted by Gasteiger charge is 2.06. The van der Waals surface area contributed by atoms with Crippen LogP contribution in [-0.2, 0) is 0 Å². The summed E-state index contributed by atoms with van der Waals surface area (Å²) in [5, 5.41) is 11.2. The lowest BCUT2D eigenvalue weighted by molar-refractivity contribution is 0.474. The van der Waals surface area contributed by atoms with Crippen molar-refractivity contribution < 1.29 is 5.11 Å². The molecule has 1 heterocycles. The Bertz CT molecular complexity index is 403. The molecule has 0 unspecified atom stereocenters. The molecular weight excluding hydrogens is 180 g/mol. The Balaban J connectivity index is 2.53. The molecule has 0 aliphatic rings. The van der Waals surface area contributed by atoms with E-state index in [-0.39, 0.29) is 0 Å². The molecule has 0 spiro atoms. The van der Waals surface area contributed by atoms with E-state index in [1.807, 2.05) is 25.1 Å². The number of hydrogen-bond acceptors (Lipinski definition) is 2. The van der Waals surface area contributed by atoms with Crippen molar-refractivity contribution in [1.29, 1.82) is 0 Å². The lowest BCUT2D eigenvalue weighted by Crippen LogP contribution is -1.74. The van der Waals surface area contributed by atoms with Crippen LogP contribution in [0.1, 0.15) is 5.56 Å². The number of hydrogen-bond donors (Lipinski definition) is 1. The minimum atomic E-state index is 0.392. The highest BCUT2D eigenvalue weighted by Crippen LogP contribution is 2.35. The van der Waals surface area contributed by atoms with E-state index in [0.717, 1.165) is 10.4 Å². The smallest absolute Gasteiger partial charge is 0.129 e. The van der Waals surface area contributed by atoms with Crippen molar-refractivity contribution in [3.8, 4) is 16.2 Å². The number of aromatic hydroxyl groups is 1. The van der Waals surface area contributed by atoms with Crippen LogP contribution in [0.15, 0.2) is 35.7 Å².